The van der Waals surface area contributed by atoms with E-state index in [1.807, 2.05) is 7.05 Å². The van der Waals surface area contributed by atoms with Crippen LogP contribution in [0.3, 0.4) is 0 Å². The van der Waals surface area contributed by atoms with Gasteiger partial charge >= 0.3 is 0 Å². The van der Waals surface area contributed by atoms with Crippen molar-refractivity contribution in [3.63, 3.8) is 0 Å². The number of amides is 2. The fourth-order valence-corrected chi connectivity index (χ4v) is 4.22. The fourth-order valence-electron chi connectivity index (χ4n) is 4.22. The summed E-state index contributed by atoms with van der Waals surface area (Å²) in [6.07, 6.45) is 6.30. The quantitative estimate of drug-likeness (QED) is 0.689. The third-order valence-corrected chi connectivity index (χ3v) is 5.66. The highest BCUT2D eigenvalue weighted by Crippen LogP contribution is 2.48. The third-order valence-electron chi connectivity index (χ3n) is 5.66. The molecular formula is C16H23N3O2. The van der Waals surface area contributed by atoms with Gasteiger partial charge in [-0.2, -0.15) is 5.26 Å². The lowest BCUT2D eigenvalue weighted by molar-refractivity contribution is -0.148. The standard InChI is InChI=1S/C16H23N3O2/c1-18-9-7-16(12-17,8-10-18)19-13(20)11-15(14(19)21)5-3-2-4-6-15/h2-11H2,1H3. The predicted molar refractivity (Wildman–Crippen MR) is 77.1 cm³/mol. The SMILES string of the molecule is CN1CCC(C#N)(N2C(=O)CC3(CCCCC3)C2=O)CC1. The molecule has 114 valence electrons. The van der Waals surface area contributed by atoms with Gasteiger partial charge in [0.15, 0.2) is 0 Å². The Morgan fingerprint density at radius 1 is 1.05 bits per heavy atom. The summed E-state index contributed by atoms with van der Waals surface area (Å²) in [4.78, 5) is 29.0. The molecule has 0 N–H and O–H groups in total. The molecule has 2 aliphatic heterocycles. The summed E-state index contributed by atoms with van der Waals surface area (Å²) < 4.78 is 0. The molecule has 21 heavy (non-hydrogen) atoms. The summed E-state index contributed by atoms with van der Waals surface area (Å²) in [6.45, 7) is 1.52. The molecule has 2 saturated heterocycles. The van der Waals surface area contributed by atoms with Crippen molar-refractivity contribution in [3.8, 4) is 6.07 Å². The number of nitriles is 1. The smallest absolute Gasteiger partial charge is 0.237 e. The number of piperidine rings is 1. The Morgan fingerprint density at radius 3 is 2.24 bits per heavy atom. The minimum Gasteiger partial charge on any atom is -0.306 e. The minimum absolute atomic E-state index is 0.0571. The van der Waals surface area contributed by atoms with E-state index in [1.54, 1.807) is 0 Å². The summed E-state index contributed by atoms with van der Waals surface area (Å²) in [5.74, 6) is -0.175. The van der Waals surface area contributed by atoms with Crippen molar-refractivity contribution in [2.75, 3.05) is 20.1 Å². The zero-order valence-corrected chi connectivity index (χ0v) is 12.7. The molecule has 0 aromatic rings. The van der Waals surface area contributed by atoms with Gasteiger partial charge in [-0.1, -0.05) is 19.3 Å². The van der Waals surface area contributed by atoms with E-state index < -0.39 is 11.0 Å². The molecule has 3 rings (SSSR count). The van der Waals surface area contributed by atoms with Crippen LogP contribution in [0.5, 0.6) is 0 Å². The van der Waals surface area contributed by atoms with Crippen molar-refractivity contribution in [3.05, 3.63) is 0 Å². The first-order chi connectivity index (χ1) is 10.0. The number of hydrogen-bond donors (Lipinski definition) is 0. The zero-order valence-electron chi connectivity index (χ0n) is 12.7. The molecule has 0 unspecified atom stereocenters. The second-order valence-electron chi connectivity index (χ2n) is 7.00. The van der Waals surface area contributed by atoms with Crippen LogP contribution in [0, 0.1) is 16.7 Å². The Kier molecular flexibility index (Phi) is 3.53. The first kappa shape index (κ1) is 14.5. The summed E-state index contributed by atoms with van der Waals surface area (Å²) >= 11 is 0. The normalized spacial score (nSPS) is 28.9. The second kappa shape index (κ2) is 5.10. The van der Waals surface area contributed by atoms with E-state index >= 15 is 0 Å². The van der Waals surface area contributed by atoms with Gasteiger partial charge in [0, 0.05) is 19.5 Å². The molecule has 2 amide bonds. The molecule has 2 heterocycles. The number of hydrogen-bond acceptors (Lipinski definition) is 4. The third kappa shape index (κ3) is 2.17. The van der Waals surface area contributed by atoms with E-state index in [0.29, 0.717) is 19.3 Å². The van der Waals surface area contributed by atoms with E-state index in [0.717, 1.165) is 45.2 Å². The maximum Gasteiger partial charge on any atom is 0.237 e. The Bertz CT molecular complexity index is 494. The number of carbonyl (C=O) groups excluding carboxylic acids is 2. The number of carbonyl (C=O) groups is 2. The van der Waals surface area contributed by atoms with Crippen LogP contribution in [0.2, 0.25) is 0 Å². The van der Waals surface area contributed by atoms with E-state index in [1.165, 1.54) is 4.90 Å². The van der Waals surface area contributed by atoms with Crippen LogP contribution in [-0.4, -0.2) is 47.3 Å². The lowest BCUT2D eigenvalue weighted by atomic mass is 9.72. The van der Waals surface area contributed by atoms with Gasteiger partial charge in [0.25, 0.3) is 0 Å². The van der Waals surface area contributed by atoms with Crippen LogP contribution >= 0.6 is 0 Å². The molecule has 1 saturated carbocycles. The van der Waals surface area contributed by atoms with Crippen LogP contribution < -0.4 is 0 Å². The van der Waals surface area contributed by atoms with Crippen molar-refractivity contribution < 1.29 is 9.59 Å². The number of rotatable bonds is 1. The molecule has 5 heteroatoms. The highest BCUT2D eigenvalue weighted by atomic mass is 16.2. The average Bonchev–Trinajstić information content (AvgIpc) is 2.73. The lowest BCUT2D eigenvalue weighted by Crippen LogP contribution is -2.57. The minimum atomic E-state index is -0.901. The molecule has 0 atom stereocenters. The molecule has 0 aromatic carbocycles. The molecule has 0 radical (unpaired) electrons. The Hall–Kier alpha value is -1.41. The maximum atomic E-state index is 13.0. The van der Waals surface area contributed by atoms with Crippen LogP contribution in [-0.2, 0) is 9.59 Å². The van der Waals surface area contributed by atoms with Gasteiger partial charge in [0.05, 0.1) is 11.5 Å². The number of likely N-dealkylation sites (tertiary alicyclic amines) is 2. The fraction of sp³-hybridized carbons (Fsp3) is 0.812. The van der Waals surface area contributed by atoms with Gasteiger partial charge in [0.1, 0.15) is 5.54 Å². The molecule has 3 aliphatic rings. The zero-order chi connectivity index (χ0) is 15.1. The van der Waals surface area contributed by atoms with Gasteiger partial charge in [-0.25, -0.2) is 0 Å². The van der Waals surface area contributed by atoms with Crippen molar-refractivity contribution in [2.24, 2.45) is 5.41 Å². The van der Waals surface area contributed by atoms with Crippen molar-refractivity contribution in [1.29, 1.82) is 5.26 Å². The number of nitrogens with zero attached hydrogens (tertiary/aromatic N) is 3. The summed E-state index contributed by atoms with van der Waals surface area (Å²) in [7, 11) is 2.01. The van der Waals surface area contributed by atoms with E-state index in [4.69, 9.17) is 0 Å². The summed E-state index contributed by atoms with van der Waals surface area (Å²) in [5, 5.41) is 9.70. The lowest BCUT2D eigenvalue weighted by Gasteiger charge is -2.41. The molecular weight excluding hydrogens is 266 g/mol. The summed E-state index contributed by atoms with van der Waals surface area (Å²) in [6, 6.07) is 2.32. The highest BCUT2D eigenvalue weighted by molar-refractivity contribution is 6.07. The van der Waals surface area contributed by atoms with Crippen LogP contribution in [0.15, 0.2) is 0 Å². The van der Waals surface area contributed by atoms with Gasteiger partial charge in [-0.05, 0) is 32.7 Å². The molecule has 1 aliphatic carbocycles. The molecule has 1 spiro atoms. The second-order valence-corrected chi connectivity index (χ2v) is 7.00. The van der Waals surface area contributed by atoms with Crippen LogP contribution in [0.25, 0.3) is 0 Å². The Labute approximate surface area is 125 Å². The summed E-state index contributed by atoms with van der Waals surface area (Å²) in [5.41, 5.74) is -1.38. The highest BCUT2D eigenvalue weighted by Gasteiger charge is 2.58. The largest absolute Gasteiger partial charge is 0.306 e. The van der Waals surface area contributed by atoms with E-state index in [9.17, 15) is 14.9 Å². The van der Waals surface area contributed by atoms with Crippen molar-refractivity contribution in [2.45, 2.75) is 56.9 Å². The number of imide groups is 1. The molecule has 0 bridgehead atoms. The van der Waals surface area contributed by atoms with Crippen molar-refractivity contribution in [1.82, 2.24) is 9.80 Å². The Balaban J connectivity index is 1.89. The van der Waals surface area contributed by atoms with E-state index in [2.05, 4.69) is 11.0 Å². The van der Waals surface area contributed by atoms with Crippen LogP contribution in [0.4, 0.5) is 0 Å². The predicted octanol–water partition coefficient (Wildman–Crippen LogP) is 1.68. The van der Waals surface area contributed by atoms with E-state index in [-0.39, 0.29) is 11.8 Å². The Morgan fingerprint density at radius 2 is 1.67 bits per heavy atom. The molecule has 3 fully saturated rings. The van der Waals surface area contributed by atoms with Gasteiger partial charge < -0.3 is 4.90 Å². The molecule has 0 aromatic heterocycles. The van der Waals surface area contributed by atoms with Crippen molar-refractivity contribution >= 4 is 11.8 Å². The first-order valence-electron chi connectivity index (χ1n) is 8.00. The van der Waals surface area contributed by atoms with Gasteiger partial charge in [0.2, 0.25) is 11.8 Å². The van der Waals surface area contributed by atoms with Gasteiger partial charge in [-0.3, -0.25) is 14.5 Å². The van der Waals surface area contributed by atoms with Crippen LogP contribution in [0.1, 0.15) is 51.4 Å². The monoisotopic (exact) mass is 289 g/mol. The maximum absolute atomic E-state index is 13.0. The van der Waals surface area contributed by atoms with Gasteiger partial charge in [-0.15, -0.1) is 0 Å². The first-order valence-corrected chi connectivity index (χ1v) is 8.00. The topological polar surface area (TPSA) is 64.4 Å². The molecule has 5 nitrogen and oxygen atoms in total. The average molecular weight is 289 g/mol.